The third-order valence-electron chi connectivity index (χ3n) is 3.62. The molecule has 7 heteroatoms. The number of carbonyl (C=O) groups excluding carboxylic acids is 2. The topological polar surface area (TPSA) is 89.5 Å². The Labute approximate surface area is 153 Å². The van der Waals surface area contributed by atoms with Gasteiger partial charge in [0.25, 0.3) is 0 Å². The lowest BCUT2D eigenvalue weighted by atomic mass is 10.1. The smallest absolute Gasteiger partial charge is 0.224 e. The molecule has 0 atom stereocenters. The van der Waals surface area contributed by atoms with E-state index in [4.69, 9.17) is 4.74 Å². The van der Waals surface area contributed by atoms with E-state index < -0.39 is 9.84 Å². The van der Waals surface area contributed by atoms with Gasteiger partial charge in [-0.1, -0.05) is 12.1 Å². The molecule has 1 amide bonds. The van der Waals surface area contributed by atoms with Gasteiger partial charge < -0.3 is 10.1 Å². The van der Waals surface area contributed by atoms with Gasteiger partial charge in [-0.15, -0.1) is 0 Å². The monoisotopic (exact) mass is 375 g/mol. The van der Waals surface area contributed by atoms with E-state index in [-0.39, 0.29) is 23.0 Å². The lowest BCUT2D eigenvalue weighted by Crippen LogP contribution is -2.13. The van der Waals surface area contributed by atoms with Gasteiger partial charge in [-0.3, -0.25) is 9.59 Å². The first kappa shape index (κ1) is 19.7. The molecule has 0 saturated carbocycles. The van der Waals surface area contributed by atoms with E-state index in [1.807, 2.05) is 0 Å². The van der Waals surface area contributed by atoms with Crippen LogP contribution in [0.1, 0.15) is 30.1 Å². The molecule has 0 heterocycles. The first-order valence-corrected chi connectivity index (χ1v) is 9.98. The number of hydrogen-bond acceptors (Lipinski definition) is 5. The van der Waals surface area contributed by atoms with Gasteiger partial charge in [-0.05, 0) is 49.7 Å². The highest BCUT2D eigenvalue weighted by Gasteiger charge is 2.07. The molecule has 0 fully saturated rings. The maximum atomic E-state index is 11.9. The highest BCUT2D eigenvalue weighted by atomic mass is 32.2. The lowest BCUT2D eigenvalue weighted by molar-refractivity contribution is -0.116. The second kappa shape index (κ2) is 8.62. The fraction of sp³-hybridized carbons (Fsp3) is 0.263. The van der Waals surface area contributed by atoms with Crippen molar-refractivity contribution < 1.29 is 22.7 Å². The number of hydrogen-bond donors (Lipinski definition) is 1. The Hall–Kier alpha value is -2.67. The first-order valence-electron chi connectivity index (χ1n) is 8.09. The van der Waals surface area contributed by atoms with Crippen molar-refractivity contribution in [2.24, 2.45) is 0 Å². The minimum atomic E-state index is -3.22. The predicted octanol–water partition coefficient (Wildman–Crippen LogP) is 3.09. The minimum absolute atomic E-state index is 0.0589. The predicted molar refractivity (Wildman–Crippen MR) is 99.4 cm³/mol. The zero-order valence-corrected chi connectivity index (χ0v) is 15.5. The molecule has 1 N–H and O–H groups in total. The van der Waals surface area contributed by atoms with Crippen LogP contribution in [0.2, 0.25) is 0 Å². The van der Waals surface area contributed by atoms with Crippen molar-refractivity contribution in [2.45, 2.75) is 24.7 Å². The molecule has 2 rings (SSSR count). The van der Waals surface area contributed by atoms with E-state index in [0.29, 0.717) is 30.0 Å². The number of carbonyl (C=O) groups is 2. The lowest BCUT2D eigenvalue weighted by Gasteiger charge is -2.08. The molecule has 2 aromatic carbocycles. The molecule has 6 nitrogen and oxygen atoms in total. The molecular formula is C19H21NO5S. The summed E-state index contributed by atoms with van der Waals surface area (Å²) in [5, 5.41) is 2.75. The second-order valence-electron chi connectivity index (χ2n) is 5.88. The fourth-order valence-electron chi connectivity index (χ4n) is 2.25. The van der Waals surface area contributed by atoms with Gasteiger partial charge in [-0.25, -0.2) is 8.42 Å². The summed E-state index contributed by atoms with van der Waals surface area (Å²) in [6.07, 6.45) is 1.92. The Morgan fingerprint density at radius 1 is 1.08 bits per heavy atom. The van der Waals surface area contributed by atoms with Crippen molar-refractivity contribution >= 4 is 27.2 Å². The van der Waals surface area contributed by atoms with E-state index in [0.717, 1.165) is 6.26 Å². The van der Waals surface area contributed by atoms with Gasteiger partial charge in [0, 0.05) is 23.9 Å². The quantitative estimate of drug-likeness (QED) is 0.566. The standard InChI is InChI=1S/C19H21NO5S/c1-14(21)15-5-3-6-16(13-15)20-19(22)7-4-12-25-17-8-10-18(11-9-17)26(2,23)24/h3,5-6,8-11,13H,4,7,12H2,1-2H3,(H,20,22). The highest BCUT2D eigenvalue weighted by Crippen LogP contribution is 2.16. The van der Waals surface area contributed by atoms with Gasteiger partial charge in [0.2, 0.25) is 5.91 Å². The van der Waals surface area contributed by atoms with E-state index in [2.05, 4.69) is 5.32 Å². The molecule has 0 unspecified atom stereocenters. The van der Waals surface area contributed by atoms with Crippen LogP contribution in [-0.4, -0.2) is 33.0 Å². The van der Waals surface area contributed by atoms with Crippen molar-refractivity contribution in [1.29, 1.82) is 0 Å². The molecule has 0 aromatic heterocycles. The first-order chi connectivity index (χ1) is 12.3. The van der Waals surface area contributed by atoms with Gasteiger partial charge >= 0.3 is 0 Å². The van der Waals surface area contributed by atoms with Crippen LogP contribution in [0.25, 0.3) is 0 Å². The summed E-state index contributed by atoms with van der Waals surface area (Å²) in [7, 11) is -3.22. The number of ether oxygens (including phenoxy) is 1. The maximum Gasteiger partial charge on any atom is 0.224 e. The molecule has 0 spiro atoms. The maximum absolute atomic E-state index is 11.9. The average molecular weight is 375 g/mol. The molecule has 0 aliphatic rings. The van der Waals surface area contributed by atoms with Gasteiger partial charge in [0.15, 0.2) is 15.6 Å². The average Bonchev–Trinajstić information content (AvgIpc) is 2.58. The van der Waals surface area contributed by atoms with Crippen molar-refractivity contribution in [3.05, 3.63) is 54.1 Å². The molecule has 0 saturated heterocycles. The van der Waals surface area contributed by atoms with Crippen LogP contribution < -0.4 is 10.1 Å². The van der Waals surface area contributed by atoms with Gasteiger partial charge in [0.05, 0.1) is 11.5 Å². The molecule has 138 valence electrons. The van der Waals surface area contributed by atoms with E-state index in [1.54, 1.807) is 36.4 Å². The van der Waals surface area contributed by atoms with Crippen molar-refractivity contribution in [3.8, 4) is 5.75 Å². The van der Waals surface area contributed by atoms with E-state index in [9.17, 15) is 18.0 Å². The zero-order valence-electron chi connectivity index (χ0n) is 14.7. The summed E-state index contributed by atoms with van der Waals surface area (Å²) in [5.74, 6) is 0.324. The van der Waals surface area contributed by atoms with Crippen LogP contribution in [0.15, 0.2) is 53.4 Å². The number of ketones is 1. The summed E-state index contributed by atoms with van der Waals surface area (Å²) < 4.78 is 28.3. The van der Waals surface area contributed by atoms with Crippen LogP contribution in [0.5, 0.6) is 5.75 Å². The molecule has 0 aliphatic heterocycles. The molecule has 0 radical (unpaired) electrons. The largest absolute Gasteiger partial charge is 0.494 e. The van der Waals surface area contributed by atoms with Gasteiger partial charge in [0.1, 0.15) is 5.75 Å². The molecule has 26 heavy (non-hydrogen) atoms. The Bertz CT molecular complexity index is 888. The summed E-state index contributed by atoms with van der Waals surface area (Å²) in [5.41, 5.74) is 1.13. The van der Waals surface area contributed by atoms with Crippen LogP contribution in [-0.2, 0) is 14.6 Å². The van der Waals surface area contributed by atoms with Crippen molar-refractivity contribution in [3.63, 3.8) is 0 Å². The Morgan fingerprint density at radius 2 is 1.77 bits per heavy atom. The number of nitrogens with one attached hydrogen (secondary N) is 1. The summed E-state index contributed by atoms with van der Waals surface area (Å²) in [6, 6.07) is 12.9. The van der Waals surface area contributed by atoms with Crippen LogP contribution >= 0.6 is 0 Å². The molecule has 0 bridgehead atoms. The van der Waals surface area contributed by atoms with Crippen molar-refractivity contribution in [1.82, 2.24) is 0 Å². The summed E-state index contributed by atoms with van der Waals surface area (Å²) in [4.78, 5) is 23.5. The number of amides is 1. The minimum Gasteiger partial charge on any atom is -0.494 e. The third kappa shape index (κ3) is 6.00. The van der Waals surface area contributed by atoms with Crippen LogP contribution in [0, 0.1) is 0 Å². The highest BCUT2D eigenvalue weighted by molar-refractivity contribution is 7.90. The number of sulfone groups is 1. The summed E-state index contributed by atoms with van der Waals surface area (Å²) in [6.45, 7) is 1.81. The molecule has 0 aliphatic carbocycles. The van der Waals surface area contributed by atoms with E-state index in [1.165, 1.54) is 19.1 Å². The molecular weight excluding hydrogens is 354 g/mol. The third-order valence-corrected chi connectivity index (χ3v) is 4.75. The second-order valence-corrected chi connectivity index (χ2v) is 7.90. The number of Topliss-reactive ketones (excluding diaryl/α,β-unsaturated/α-hetero) is 1. The number of rotatable bonds is 8. The van der Waals surface area contributed by atoms with Crippen molar-refractivity contribution in [2.75, 3.05) is 18.2 Å². The summed E-state index contributed by atoms with van der Waals surface area (Å²) >= 11 is 0. The fourth-order valence-corrected chi connectivity index (χ4v) is 2.88. The number of anilines is 1. The molecule has 2 aromatic rings. The number of benzene rings is 2. The Kier molecular flexibility index (Phi) is 6.52. The van der Waals surface area contributed by atoms with Crippen LogP contribution in [0.3, 0.4) is 0 Å². The SMILES string of the molecule is CC(=O)c1cccc(NC(=O)CCCOc2ccc(S(C)(=O)=O)cc2)c1. The normalized spacial score (nSPS) is 11.0. The Morgan fingerprint density at radius 3 is 2.38 bits per heavy atom. The zero-order chi connectivity index (χ0) is 19.2. The Balaban J connectivity index is 1.76. The van der Waals surface area contributed by atoms with Crippen LogP contribution in [0.4, 0.5) is 5.69 Å². The van der Waals surface area contributed by atoms with Gasteiger partial charge in [-0.2, -0.15) is 0 Å². The van der Waals surface area contributed by atoms with E-state index >= 15 is 0 Å².